The van der Waals surface area contributed by atoms with Crippen molar-refractivity contribution in [2.75, 3.05) is 5.32 Å². The molecule has 0 saturated heterocycles. The van der Waals surface area contributed by atoms with Crippen LogP contribution in [0.15, 0.2) is 71.7 Å². The average molecular weight is 438 g/mol. The van der Waals surface area contributed by atoms with Crippen LogP contribution in [0.2, 0.25) is 5.02 Å². The Bertz CT molecular complexity index is 1090. The Labute approximate surface area is 184 Å². The lowest BCUT2D eigenvalue weighted by atomic mass is 10.2. The molecule has 0 saturated carbocycles. The van der Waals surface area contributed by atoms with E-state index in [4.69, 9.17) is 37.2 Å². The molecule has 9 heteroatoms. The van der Waals surface area contributed by atoms with Crippen molar-refractivity contribution in [2.24, 2.45) is 10.7 Å². The van der Waals surface area contributed by atoms with E-state index in [1.807, 2.05) is 48.5 Å². The molecule has 1 heterocycles. The average Bonchev–Trinajstić information content (AvgIpc) is 2.74. The van der Waals surface area contributed by atoms with E-state index >= 15 is 0 Å². The minimum absolute atomic E-state index is 0.156. The number of rotatable bonds is 5. The van der Waals surface area contributed by atoms with Gasteiger partial charge in [-0.1, -0.05) is 41.9 Å². The first-order chi connectivity index (χ1) is 14.9. The molecular formula is C22H20ClN5O3. The monoisotopic (exact) mass is 437 g/mol. The number of guanidine groups is 1. The van der Waals surface area contributed by atoms with E-state index in [0.717, 1.165) is 6.92 Å². The van der Waals surface area contributed by atoms with E-state index in [1.54, 1.807) is 24.3 Å². The van der Waals surface area contributed by atoms with E-state index in [2.05, 4.69) is 15.3 Å². The van der Waals surface area contributed by atoms with Crippen LogP contribution in [-0.2, 0) is 11.3 Å². The summed E-state index contributed by atoms with van der Waals surface area (Å²) < 4.78 is 5.91. The smallest absolute Gasteiger partial charge is 0.300 e. The first kappa shape index (κ1) is 23.2. The van der Waals surface area contributed by atoms with E-state index in [-0.39, 0.29) is 18.2 Å². The molecule has 4 N–H and O–H groups in total. The second kappa shape index (κ2) is 11.8. The Morgan fingerprint density at radius 1 is 1.19 bits per heavy atom. The number of halogens is 1. The standard InChI is InChI=1S/C20H16ClN5O.C2H4O2/c21-17-9-5-10-18(27-15-7-2-1-3-8-15)16(17)13-24-20(23)26-19-11-4-6-14(12-22)25-19;1-2(3)4/h1-11H,13H2,(H3,23,24,25,26);1H3,(H,3,4). The number of benzene rings is 2. The maximum absolute atomic E-state index is 9.00. The zero-order valence-electron chi connectivity index (χ0n) is 16.6. The van der Waals surface area contributed by atoms with Crippen LogP contribution in [0.4, 0.5) is 5.82 Å². The lowest BCUT2D eigenvalue weighted by Crippen LogP contribution is -2.23. The molecule has 0 amide bonds. The van der Waals surface area contributed by atoms with Gasteiger partial charge in [-0.15, -0.1) is 0 Å². The molecule has 0 aliphatic heterocycles. The van der Waals surface area contributed by atoms with Crippen LogP contribution < -0.4 is 15.8 Å². The summed E-state index contributed by atoms with van der Waals surface area (Å²) in [5, 5.41) is 19.7. The molecule has 0 spiro atoms. The second-order valence-corrected chi connectivity index (χ2v) is 6.40. The highest BCUT2D eigenvalue weighted by atomic mass is 35.5. The highest BCUT2D eigenvalue weighted by Gasteiger charge is 2.09. The summed E-state index contributed by atoms with van der Waals surface area (Å²) in [6.45, 7) is 1.30. The number of nitrogens with two attached hydrogens (primary N) is 1. The molecule has 0 aliphatic carbocycles. The lowest BCUT2D eigenvalue weighted by molar-refractivity contribution is -0.134. The Balaban J connectivity index is 0.000000785. The lowest BCUT2D eigenvalue weighted by Gasteiger charge is -2.12. The third-order valence-electron chi connectivity index (χ3n) is 3.57. The fraction of sp³-hybridized carbons (Fsp3) is 0.0909. The number of aliphatic imine (C=N–C) groups is 1. The minimum Gasteiger partial charge on any atom is -0.481 e. The second-order valence-electron chi connectivity index (χ2n) is 6.00. The number of carboxylic acid groups (broad SMARTS) is 1. The Hall–Kier alpha value is -4.09. The molecule has 158 valence electrons. The Morgan fingerprint density at radius 2 is 1.87 bits per heavy atom. The molecule has 31 heavy (non-hydrogen) atoms. The van der Waals surface area contributed by atoms with Gasteiger partial charge in [0.1, 0.15) is 29.1 Å². The van der Waals surface area contributed by atoms with E-state index < -0.39 is 5.97 Å². The van der Waals surface area contributed by atoms with Gasteiger partial charge in [-0.2, -0.15) is 5.26 Å². The highest BCUT2D eigenvalue weighted by Crippen LogP contribution is 2.31. The third-order valence-corrected chi connectivity index (χ3v) is 3.93. The number of aliphatic carboxylic acids is 1. The predicted octanol–water partition coefficient (Wildman–Crippen LogP) is 4.42. The van der Waals surface area contributed by atoms with Gasteiger partial charge in [-0.3, -0.25) is 4.79 Å². The maximum Gasteiger partial charge on any atom is 0.300 e. The molecule has 2 aromatic carbocycles. The van der Waals surface area contributed by atoms with Crippen molar-refractivity contribution >= 4 is 29.3 Å². The molecule has 0 radical (unpaired) electrons. The number of para-hydroxylation sites is 1. The number of ether oxygens (including phenoxy) is 1. The van der Waals surface area contributed by atoms with Crippen LogP contribution in [-0.4, -0.2) is 22.0 Å². The Kier molecular flexibility index (Phi) is 8.83. The molecular weight excluding hydrogens is 418 g/mol. The molecule has 3 rings (SSSR count). The number of anilines is 1. The number of aromatic nitrogens is 1. The van der Waals surface area contributed by atoms with Crippen LogP contribution in [0.1, 0.15) is 18.2 Å². The number of pyridine rings is 1. The number of hydrogen-bond donors (Lipinski definition) is 3. The normalized spacial score (nSPS) is 10.3. The first-order valence-corrected chi connectivity index (χ1v) is 9.40. The van der Waals surface area contributed by atoms with Gasteiger partial charge in [-0.25, -0.2) is 9.98 Å². The van der Waals surface area contributed by atoms with Crippen molar-refractivity contribution in [1.82, 2.24) is 4.98 Å². The molecule has 8 nitrogen and oxygen atoms in total. The summed E-state index contributed by atoms with van der Waals surface area (Å²) >= 11 is 6.32. The maximum atomic E-state index is 9.00. The van der Waals surface area contributed by atoms with E-state index in [9.17, 15) is 0 Å². The van der Waals surface area contributed by atoms with Crippen molar-refractivity contribution in [3.05, 3.63) is 83.0 Å². The van der Waals surface area contributed by atoms with Gasteiger partial charge in [0.15, 0.2) is 5.96 Å². The summed E-state index contributed by atoms with van der Waals surface area (Å²) in [6.07, 6.45) is 0. The third kappa shape index (κ3) is 8.04. The van der Waals surface area contributed by atoms with Gasteiger partial charge in [-0.05, 0) is 36.4 Å². The van der Waals surface area contributed by atoms with Gasteiger partial charge in [0.2, 0.25) is 0 Å². The van der Waals surface area contributed by atoms with Crippen LogP contribution in [0, 0.1) is 11.3 Å². The Morgan fingerprint density at radius 3 is 2.55 bits per heavy atom. The number of nitriles is 1. The van der Waals surface area contributed by atoms with Crippen molar-refractivity contribution in [1.29, 1.82) is 5.26 Å². The predicted molar refractivity (Wildman–Crippen MR) is 119 cm³/mol. The summed E-state index contributed by atoms with van der Waals surface area (Å²) in [5.74, 6) is 1.07. The molecule has 0 bridgehead atoms. The summed E-state index contributed by atoms with van der Waals surface area (Å²) in [4.78, 5) is 17.4. The molecule has 0 atom stereocenters. The summed E-state index contributed by atoms with van der Waals surface area (Å²) in [5.41, 5.74) is 6.93. The van der Waals surface area contributed by atoms with E-state index in [0.29, 0.717) is 27.9 Å². The number of carbonyl (C=O) groups is 1. The van der Waals surface area contributed by atoms with Crippen molar-refractivity contribution in [3.8, 4) is 17.6 Å². The van der Waals surface area contributed by atoms with Crippen molar-refractivity contribution in [3.63, 3.8) is 0 Å². The molecule has 3 aromatic rings. The zero-order chi connectivity index (χ0) is 22.6. The fourth-order valence-corrected chi connectivity index (χ4v) is 2.53. The molecule has 0 unspecified atom stereocenters. The quantitative estimate of drug-likeness (QED) is 0.397. The van der Waals surface area contributed by atoms with Crippen LogP contribution in [0.25, 0.3) is 0 Å². The molecule has 1 aromatic heterocycles. The summed E-state index contributed by atoms with van der Waals surface area (Å²) in [6, 6.07) is 21.8. The number of carboxylic acids is 1. The first-order valence-electron chi connectivity index (χ1n) is 9.03. The molecule has 0 aliphatic rings. The van der Waals surface area contributed by atoms with Gasteiger partial charge < -0.3 is 20.9 Å². The number of nitrogens with one attached hydrogen (secondary N) is 1. The zero-order valence-corrected chi connectivity index (χ0v) is 17.4. The van der Waals surface area contributed by atoms with Crippen molar-refractivity contribution in [2.45, 2.75) is 13.5 Å². The minimum atomic E-state index is -0.833. The topological polar surface area (TPSA) is 134 Å². The highest BCUT2D eigenvalue weighted by molar-refractivity contribution is 6.31. The number of hydrogen-bond acceptors (Lipinski definition) is 5. The van der Waals surface area contributed by atoms with Crippen LogP contribution in [0.5, 0.6) is 11.5 Å². The molecule has 0 fully saturated rings. The van der Waals surface area contributed by atoms with E-state index in [1.165, 1.54) is 0 Å². The largest absolute Gasteiger partial charge is 0.481 e. The van der Waals surface area contributed by atoms with Gasteiger partial charge >= 0.3 is 0 Å². The van der Waals surface area contributed by atoms with Gasteiger partial charge in [0, 0.05) is 17.5 Å². The summed E-state index contributed by atoms with van der Waals surface area (Å²) in [7, 11) is 0. The SMILES string of the molecule is CC(=O)O.N#Cc1cccc(NC(N)=NCc2c(Cl)cccc2Oc2ccccc2)n1. The van der Waals surface area contributed by atoms with Gasteiger partial charge in [0.05, 0.1) is 6.54 Å². The van der Waals surface area contributed by atoms with Crippen molar-refractivity contribution < 1.29 is 14.6 Å². The van der Waals surface area contributed by atoms with Gasteiger partial charge in [0.25, 0.3) is 5.97 Å². The van der Waals surface area contributed by atoms with Crippen LogP contribution in [0.3, 0.4) is 0 Å². The number of nitrogens with zero attached hydrogens (tertiary/aromatic N) is 3. The van der Waals surface area contributed by atoms with Crippen LogP contribution >= 0.6 is 11.6 Å². The fourth-order valence-electron chi connectivity index (χ4n) is 2.31.